The molecule has 4 heteroatoms. The van der Waals surface area contributed by atoms with Gasteiger partial charge in [-0.25, -0.2) is 0 Å². The highest BCUT2D eigenvalue weighted by molar-refractivity contribution is 6.55. The lowest BCUT2D eigenvalue weighted by Crippen LogP contribution is -2.41. The van der Waals surface area contributed by atoms with Crippen molar-refractivity contribution in [2.75, 3.05) is 6.61 Å². The van der Waals surface area contributed by atoms with E-state index in [4.69, 9.17) is 9.31 Å². The van der Waals surface area contributed by atoms with Crippen LogP contribution >= 0.6 is 0 Å². The molecule has 118 valence electrons. The van der Waals surface area contributed by atoms with Crippen molar-refractivity contribution in [1.29, 1.82) is 0 Å². The quantitative estimate of drug-likeness (QED) is 0.861. The predicted molar refractivity (Wildman–Crippen MR) is 92.3 cm³/mol. The van der Waals surface area contributed by atoms with E-state index in [0.29, 0.717) is 0 Å². The minimum Gasteiger partial charge on any atom is -0.400 e. The molecular weight excluding hydrogens is 275 g/mol. The highest BCUT2D eigenvalue weighted by atomic mass is 16.7. The van der Waals surface area contributed by atoms with Gasteiger partial charge < -0.3 is 14.4 Å². The van der Waals surface area contributed by atoms with Crippen molar-refractivity contribution in [3.63, 3.8) is 0 Å². The van der Waals surface area contributed by atoms with Crippen LogP contribution in [0.1, 0.15) is 45.7 Å². The highest BCUT2D eigenvalue weighted by Crippen LogP contribution is 2.38. The summed E-state index contributed by atoms with van der Waals surface area (Å²) in [5, 5.41) is 9.69. The van der Waals surface area contributed by atoms with Crippen molar-refractivity contribution in [3.05, 3.63) is 47.4 Å². The molecule has 1 aliphatic heterocycles. The molecule has 0 radical (unpaired) electrons. The molecule has 1 aromatic carbocycles. The van der Waals surface area contributed by atoms with Crippen molar-refractivity contribution in [3.8, 4) is 0 Å². The largest absolute Gasteiger partial charge is 0.492 e. The zero-order valence-electron chi connectivity index (χ0n) is 14.1. The van der Waals surface area contributed by atoms with Gasteiger partial charge in [0, 0.05) is 0 Å². The van der Waals surface area contributed by atoms with Gasteiger partial charge in [-0.1, -0.05) is 42.5 Å². The third-order valence-corrected chi connectivity index (χ3v) is 4.49. The van der Waals surface area contributed by atoms with Crippen molar-refractivity contribution in [2.45, 2.75) is 45.8 Å². The van der Waals surface area contributed by atoms with E-state index >= 15 is 0 Å². The van der Waals surface area contributed by atoms with E-state index in [9.17, 15) is 5.11 Å². The smallest absolute Gasteiger partial charge is 0.400 e. The molecule has 1 aromatic rings. The molecular formula is C18H25BO3. The number of hydrogen-bond acceptors (Lipinski definition) is 3. The van der Waals surface area contributed by atoms with E-state index in [1.807, 2.05) is 65.0 Å². The number of aliphatic hydroxyl groups excluding tert-OH is 1. The molecule has 0 aromatic heterocycles. The summed E-state index contributed by atoms with van der Waals surface area (Å²) in [6.45, 7) is 13.8. The molecule has 1 N–H and O–H groups in total. The lowest BCUT2D eigenvalue weighted by Gasteiger charge is -2.32. The third kappa shape index (κ3) is 3.35. The summed E-state index contributed by atoms with van der Waals surface area (Å²) in [7, 11) is -0.518. The van der Waals surface area contributed by atoms with E-state index in [0.717, 1.165) is 22.2 Å². The average molecular weight is 300 g/mol. The first-order valence-electron chi connectivity index (χ1n) is 7.59. The summed E-state index contributed by atoms with van der Waals surface area (Å²) < 4.78 is 12.0. The zero-order chi connectivity index (χ0) is 16.5. The van der Waals surface area contributed by atoms with Gasteiger partial charge >= 0.3 is 7.12 Å². The van der Waals surface area contributed by atoms with Crippen LogP contribution in [-0.2, 0) is 9.31 Å². The molecule has 0 amide bonds. The van der Waals surface area contributed by atoms with Crippen molar-refractivity contribution >= 4 is 18.8 Å². The second kappa shape index (κ2) is 6.03. The summed E-state index contributed by atoms with van der Waals surface area (Å²) >= 11 is 0. The fourth-order valence-electron chi connectivity index (χ4n) is 2.26. The van der Waals surface area contributed by atoms with Gasteiger partial charge in [0.15, 0.2) is 0 Å². The molecule has 1 heterocycles. The molecule has 1 saturated heterocycles. The fraction of sp³-hybridized carbons (Fsp3) is 0.444. The Morgan fingerprint density at radius 3 is 2.05 bits per heavy atom. The molecule has 1 aliphatic rings. The summed E-state index contributed by atoms with van der Waals surface area (Å²) in [6, 6.07) is 8.05. The third-order valence-electron chi connectivity index (χ3n) is 4.49. The van der Waals surface area contributed by atoms with E-state index in [1.165, 1.54) is 0 Å². The van der Waals surface area contributed by atoms with Crippen LogP contribution < -0.4 is 0 Å². The lowest BCUT2D eigenvalue weighted by molar-refractivity contribution is 0.00578. The Labute approximate surface area is 133 Å². The maximum Gasteiger partial charge on any atom is 0.492 e. The lowest BCUT2D eigenvalue weighted by atomic mass is 9.77. The van der Waals surface area contributed by atoms with Crippen molar-refractivity contribution < 1.29 is 14.4 Å². The highest BCUT2D eigenvalue weighted by Gasteiger charge is 2.52. The zero-order valence-corrected chi connectivity index (χ0v) is 14.1. The summed E-state index contributed by atoms with van der Waals surface area (Å²) in [6.07, 6.45) is 1.92. The average Bonchev–Trinajstić information content (AvgIpc) is 2.65. The van der Waals surface area contributed by atoms with Crippen molar-refractivity contribution in [2.24, 2.45) is 0 Å². The normalized spacial score (nSPS) is 20.3. The number of aliphatic hydroxyl groups is 1. The van der Waals surface area contributed by atoms with Gasteiger partial charge in [0.05, 0.1) is 17.8 Å². The number of rotatable bonds is 4. The Balaban J connectivity index is 2.23. The summed E-state index contributed by atoms with van der Waals surface area (Å²) in [5.74, 6) is 0. The van der Waals surface area contributed by atoms with Crippen LogP contribution in [0.3, 0.4) is 0 Å². The van der Waals surface area contributed by atoms with Crippen molar-refractivity contribution in [1.82, 2.24) is 0 Å². The topological polar surface area (TPSA) is 38.7 Å². The van der Waals surface area contributed by atoms with Crippen LogP contribution in [0.4, 0.5) is 0 Å². The fourth-order valence-corrected chi connectivity index (χ4v) is 2.26. The minimum absolute atomic E-state index is 0.0982. The molecule has 0 atom stereocenters. The summed E-state index contributed by atoms with van der Waals surface area (Å²) in [4.78, 5) is 0. The number of hydrogen-bond donors (Lipinski definition) is 1. The van der Waals surface area contributed by atoms with Crippen LogP contribution in [0.15, 0.2) is 36.3 Å². The van der Waals surface area contributed by atoms with Gasteiger partial charge in [-0.05, 0) is 51.2 Å². The van der Waals surface area contributed by atoms with Crippen LogP contribution in [-0.4, -0.2) is 30.0 Å². The number of allylic oxidation sites excluding steroid dienone is 1. The predicted octanol–water partition coefficient (Wildman–Crippen LogP) is 3.73. The van der Waals surface area contributed by atoms with E-state index in [1.54, 1.807) is 0 Å². The second-order valence-electron chi connectivity index (χ2n) is 6.87. The Kier molecular flexibility index (Phi) is 4.66. The maximum atomic E-state index is 9.69. The van der Waals surface area contributed by atoms with Gasteiger partial charge in [-0.2, -0.15) is 0 Å². The Morgan fingerprint density at radius 1 is 1.14 bits per heavy atom. The van der Waals surface area contributed by atoms with E-state index < -0.39 is 18.3 Å². The van der Waals surface area contributed by atoms with Gasteiger partial charge in [-0.3, -0.25) is 0 Å². The standard InChI is InChI=1S/C18H25BO3/c1-13(2)15-9-7-14(8-10-15)11-16(12-20)19-21-17(3,4)18(5,6)22-19/h7-11,20H,1,12H2,2-6H3. The molecule has 0 unspecified atom stereocenters. The monoisotopic (exact) mass is 300 g/mol. The second-order valence-corrected chi connectivity index (χ2v) is 6.87. The summed E-state index contributed by atoms with van der Waals surface area (Å²) in [5.41, 5.74) is 3.05. The van der Waals surface area contributed by atoms with Crippen LogP contribution in [0.5, 0.6) is 0 Å². The van der Waals surface area contributed by atoms with E-state index in [2.05, 4.69) is 6.58 Å². The maximum absolute atomic E-state index is 9.69. The molecule has 0 aliphatic carbocycles. The molecule has 0 spiro atoms. The van der Waals surface area contributed by atoms with Gasteiger partial charge in [0.25, 0.3) is 0 Å². The Hall–Kier alpha value is -1.36. The Morgan fingerprint density at radius 2 is 1.64 bits per heavy atom. The molecule has 0 bridgehead atoms. The first kappa shape index (κ1) is 17.0. The molecule has 22 heavy (non-hydrogen) atoms. The number of benzene rings is 1. The van der Waals surface area contributed by atoms with Gasteiger partial charge in [0.2, 0.25) is 0 Å². The van der Waals surface area contributed by atoms with E-state index in [-0.39, 0.29) is 6.61 Å². The molecule has 0 saturated carbocycles. The van der Waals surface area contributed by atoms with Gasteiger partial charge in [-0.15, -0.1) is 0 Å². The molecule has 3 nitrogen and oxygen atoms in total. The molecule has 2 rings (SSSR count). The first-order chi connectivity index (χ1) is 10.2. The van der Waals surface area contributed by atoms with Crippen LogP contribution in [0.25, 0.3) is 11.6 Å². The SMILES string of the molecule is C=C(C)c1ccc(C=C(CO)B2OC(C)(C)C(C)(C)O2)cc1. The van der Waals surface area contributed by atoms with Gasteiger partial charge in [0.1, 0.15) is 0 Å². The first-order valence-corrected chi connectivity index (χ1v) is 7.59. The Bertz CT molecular complexity index is 569. The van der Waals surface area contributed by atoms with Crippen LogP contribution in [0, 0.1) is 0 Å². The molecule has 1 fully saturated rings. The minimum atomic E-state index is -0.518. The van der Waals surface area contributed by atoms with Crippen LogP contribution in [0.2, 0.25) is 0 Å².